The number of terminal acetylenes is 1. The molecule has 0 aromatic rings. The lowest BCUT2D eigenvalue weighted by Gasteiger charge is -2.42. The number of allylic oxidation sites excluding steroid dienone is 2. The summed E-state index contributed by atoms with van der Waals surface area (Å²) in [6.45, 7) is 14.3. The molecule has 3 aliphatic rings. The Bertz CT molecular complexity index is 675. The summed E-state index contributed by atoms with van der Waals surface area (Å²) in [6, 6.07) is 0. The van der Waals surface area contributed by atoms with Crippen LogP contribution in [0.25, 0.3) is 0 Å². The summed E-state index contributed by atoms with van der Waals surface area (Å²) in [5.74, 6) is 4.54. The first-order valence-electron chi connectivity index (χ1n) is 10.8. The van der Waals surface area contributed by atoms with Crippen molar-refractivity contribution in [1.82, 2.24) is 4.90 Å². The second-order valence-electron chi connectivity index (χ2n) is 9.31. The number of rotatable bonds is 7. The predicted molar refractivity (Wildman–Crippen MR) is 114 cm³/mol. The van der Waals surface area contributed by atoms with Crippen molar-refractivity contribution in [2.75, 3.05) is 19.6 Å². The molecule has 0 amide bonds. The smallest absolute Gasteiger partial charge is 0.102 e. The largest absolute Gasteiger partial charge is 0.363 e. The van der Waals surface area contributed by atoms with E-state index in [1.807, 2.05) is 0 Å². The zero-order chi connectivity index (χ0) is 19.6. The van der Waals surface area contributed by atoms with E-state index in [2.05, 4.69) is 63.7 Å². The Morgan fingerprint density at radius 3 is 2.78 bits per heavy atom. The molecule has 0 N–H and O–H groups in total. The number of fused-ring (bicyclic) bond motifs is 2. The number of likely N-dealkylation sites (tertiary alicyclic amines) is 1. The summed E-state index contributed by atoms with van der Waals surface area (Å²) in [5, 5.41) is 0. The van der Waals surface area contributed by atoms with Crippen molar-refractivity contribution in [3.8, 4) is 12.3 Å². The van der Waals surface area contributed by atoms with E-state index >= 15 is 0 Å². The number of unbranched alkanes of at least 4 members (excludes halogenated alkanes) is 2. The minimum absolute atomic E-state index is 0.0994. The van der Waals surface area contributed by atoms with Gasteiger partial charge in [0.1, 0.15) is 6.10 Å². The van der Waals surface area contributed by atoms with Gasteiger partial charge < -0.3 is 4.74 Å². The van der Waals surface area contributed by atoms with Gasteiger partial charge in [0.15, 0.2) is 0 Å². The average Bonchev–Trinajstić information content (AvgIpc) is 3.06. The van der Waals surface area contributed by atoms with E-state index in [0.29, 0.717) is 17.8 Å². The molecule has 1 aliphatic carbocycles. The van der Waals surface area contributed by atoms with E-state index in [1.54, 1.807) is 5.57 Å². The van der Waals surface area contributed by atoms with Crippen LogP contribution in [0.3, 0.4) is 0 Å². The fourth-order valence-corrected chi connectivity index (χ4v) is 4.96. The SMILES string of the molecule is C#CCN1CC2=C3C=CC(C(C)C(C)CCCCC)=CC3OC(C)(C)C2C1. The van der Waals surface area contributed by atoms with Crippen molar-refractivity contribution in [2.45, 2.75) is 72.0 Å². The molecule has 4 atom stereocenters. The van der Waals surface area contributed by atoms with E-state index in [1.165, 1.54) is 36.8 Å². The van der Waals surface area contributed by atoms with E-state index in [9.17, 15) is 0 Å². The number of hydrogen-bond donors (Lipinski definition) is 0. The Kier molecular flexibility index (Phi) is 6.34. The molecule has 4 unspecified atom stereocenters. The van der Waals surface area contributed by atoms with Gasteiger partial charge in [-0.15, -0.1) is 6.42 Å². The molecule has 0 spiro atoms. The van der Waals surface area contributed by atoms with Crippen LogP contribution < -0.4 is 0 Å². The van der Waals surface area contributed by atoms with Crippen LogP contribution >= 0.6 is 0 Å². The lowest BCUT2D eigenvalue weighted by atomic mass is 9.76. The predicted octanol–water partition coefficient (Wildman–Crippen LogP) is 5.37. The minimum atomic E-state index is -0.143. The highest BCUT2D eigenvalue weighted by Gasteiger charge is 2.46. The molecule has 148 valence electrons. The van der Waals surface area contributed by atoms with Crippen molar-refractivity contribution >= 4 is 0 Å². The van der Waals surface area contributed by atoms with Crippen molar-refractivity contribution in [3.63, 3.8) is 0 Å². The summed E-state index contributed by atoms with van der Waals surface area (Å²) >= 11 is 0. The summed E-state index contributed by atoms with van der Waals surface area (Å²) in [5.41, 5.74) is 4.23. The van der Waals surface area contributed by atoms with Gasteiger partial charge in [-0.2, -0.15) is 0 Å². The van der Waals surface area contributed by atoms with Gasteiger partial charge in [0.05, 0.1) is 12.1 Å². The second kappa shape index (κ2) is 8.38. The Morgan fingerprint density at radius 1 is 1.30 bits per heavy atom. The molecule has 0 aromatic carbocycles. The third-order valence-electron chi connectivity index (χ3n) is 6.96. The third kappa shape index (κ3) is 4.25. The topological polar surface area (TPSA) is 12.5 Å². The molecule has 1 fully saturated rings. The lowest BCUT2D eigenvalue weighted by Crippen LogP contribution is -2.45. The third-order valence-corrected chi connectivity index (χ3v) is 6.96. The number of ether oxygens (including phenoxy) is 1. The molecule has 2 heterocycles. The molecule has 0 radical (unpaired) electrons. The first-order valence-corrected chi connectivity index (χ1v) is 10.8. The number of nitrogens with zero attached hydrogens (tertiary/aromatic N) is 1. The van der Waals surface area contributed by atoms with Crippen LogP contribution in [0.15, 0.2) is 34.9 Å². The average molecular weight is 368 g/mol. The highest BCUT2D eigenvalue weighted by atomic mass is 16.5. The van der Waals surface area contributed by atoms with Crippen LogP contribution in [-0.4, -0.2) is 36.2 Å². The zero-order valence-corrected chi connectivity index (χ0v) is 17.9. The van der Waals surface area contributed by atoms with Gasteiger partial charge in [-0.3, -0.25) is 4.90 Å². The molecular weight excluding hydrogens is 330 g/mol. The highest BCUT2D eigenvalue weighted by molar-refractivity contribution is 5.47. The normalized spacial score (nSPS) is 29.0. The fraction of sp³-hybridized carbons (Fsp3) is 0.680. The van der Waals surface area contributed by atoms with E-state index in [0.717, 1.165) is 19.6 Å². The molecule has 2 nitrogen and oxygen atoms in total. The Morgan fingerprint density at radius 2 is 2.07 bits per heavy atom. The van der Waals surface area contributed by atoms with Crippen LogP contribution in [-0.2, 0) is 4.74 Å². The molecule has 0 bridgehead atoms. The molecule has 0 aromatic heterocycles. The molecular formula is C25H37NO. The van der Waals surface area contributed by atoms with Gasteiger partial charge in [-0.1, -0.05) is 64.5 Å². The van der Waals surface area contributed by atoms with E-state index < -0.39 is 0 Å². The van der Waals surface area contributed by atoms with Crippen molar-refractivity contribution in [3.05, 3.63) is 34.9 Å². The van der Waals surface area contributed by atoms with Gasteiger partial charge in [-0.05, 0) is 48.5 Å². The maximum atomic E-state index is 6.61. The Hall–Kier alpha value is -1.30. The van der Waals surface area contributed by atoms with Gasteiger partial charge >= 0.3 is 0 Å². The van der Waals surface area contributed by atoms with Crippen LogP contribution in [0.1, 0.15) is 60.3 Å². The molecule has 0 saturated carbocycles. The summed E-state index contributed by atoms with van der Waals surface area (Å²) < 4.78 is 6.61. The van der Waals surface area contributed by atoms with Crippen LogP contribution in [0.4, 0.5) is 0 Å². The monoisotopic (exact) mass is 367 g/mol. The fourth-order valence-electron chi connectivity index (χ4n) is 4.96. The van der Waals surface area contributed by atoms with Gasteiger partial charge in [0, 0.05) is 19.0 Å². The van der Waals surface area contributed by atoms with Gasteiger partial charge in [-0.25, -0.2) is 0 Å². The zero-order valence-electron chi connectivity index (χ0n) is 17.9. The highest BCUT2D eigenvalue weighted by Crippen LogP contribution is 2.45. The molecule has 27 heavy (non-hydrogen) atoms. The first-order chi connectivity index (χ1) is 12.9. The van der Waals surface area contributed by atoms with Crippen molar-refractivity contribution in [1.29, 1.82) is 0 Å². The molecule has 2 aliphatic heterocycles. The molecule has 3 rings (SSSR count). The summed E-state index contributed by atoms with van der Waals surface area (Å²) in [6.07, 6.45) is 18.0. The van der Waals surface area contributed by atoms with E-state index in [-0.39, 0.29) is 11.7 Å². The quantitative estimate of drug-likeness (QED) is 0.443. The maximum absolute atomic E-state index is 6.61. The van der Waals surface area contributed by atoms with Gasteiger partial charge in [0.2, 0.25) is 0 Å². The Labute approximate surface area is 166 Å². The van der Waals surface area contributed by atoms with Crippen LogP contribution in [0.2, 0.25) is 0 Å². The second-order valence-corrected chi connectivity index (χ2v) is 9.31. The minimum Gasteiger partial charge on any atom is -0.363 e. The summed E-state index contributed by atoms with van der Waals surface area (Å²) in [7, 11) is 0. The van der Waals surface area contributed by atoms with Crippen LogP contribution in [0, 0.1) is 30.1 Å². The standard InChI is InChI=1S/C25H37NO/c1-7-9-10-11-18(3)19(4)20-12-13-21-22-16-26(14-8-2)17-23(22)25(5,6)27-24(21)15-20/h2,12-13,15,18-19,23-24H,7,9-11,14,16-17H2,1,3-6H3. The van der Waals surface area contributed by atoms with Gasteiger partial charge in [0.25, 0.3) is 0 Å². The van der Waals surface area contributed by atoms with Crippen molar-refractivity contribution < 1.29 is 4.74 Å². The number of hydrogen-bond acceptors (Lipinski definition) is 2. The Balaban J connectivity index is 1.78. The molecule has 1 saturated heterocycles. The lowest BCUT2D eigenvalue weighted by molar-refractivity contribution is -0.0757. The summed E-state index contributed by atoms with van der Waals surface area (Å²) in [4.78, 5) is 2.38. The van der Waals surface area contributed by atoms with E-state index in [4.69, 9.17) is 11.2 Å². The van der Waals surface area contributed by atoms with Crippen LogP contribution in [0.5, 0.6) is 0 Å². The van der Waals surface area contributed by atoms with Crippen molar-refractivity contribution in [2.24, 2.45) is 17.8 Å². The molecule has 2 heteroatoms. The maximum Gasteiger partial charge on any atom is 0.102 e. The first kappa shape index (κ1) is 20.4.